The first-order chi connectivity index (χ1) is 17.0. The third-order valence-electron chi connectivity index (χ3n) is 6.92. The number of fused-ring (bicyclic) bond motifs is 1. The van der Waals surface area contributed by atoms with Crippen molar-refractivity contribution in [2.45, 2.75) is 40.0 Å². The molecule has 4 aromatic rings. The fraction of sp³-hybridized carbons (Fsp3) is 0.333. The van der Waals surface area contributed by atoms with Crippen LogP contribution in [0.4, 0.5) is 5.69 Å². The van der Waals surface area contributed by atoms with E-state index in [1.165, 1.54) is 0 Å². The number of Topliss-reactive ketones (excluding diaryl/α,β-unsaturated/α-hetero) is 1. The number of aromatic nitrogens is 1. The largest absolute Gasteiger partial charge is 0.493 e. The lowest BCUT2D eigenvalue weighted by Crippen LogP contribution is -2.35. The summed E-state index contributed by atoms with van der Waals surface area (Å²) in [5.74, 6) is 2.04. The van der Waals surface area contributed by atoms with Gasteiger partial charge in [0, 0.05) is 35.8 Å². The van der Waals surface area contributed by atoms with Crippen LogP contribution in [-0.2, 0) is 4.79 Å². The Balaban J connectivity index is 1.39. The molecule has 5 heteroatoms. The average molecular weight is 469 g/mol. The molecule has 0 unspecified atom stereocenters. The maximum atomic E-state index is 11.7. The maximum Gasteiger partial charge on any atom is 0.227 e. The predicted octanol–water partition coefficient (Wildman–Crippen LogP) is 7.06. The lowest BCUT2D eigenvalue weighted by molar-refractivity contribution is -0.121. The molecule has 3 aromatic carbocycles. The van der Waals surface area contributed by atoms with Gasteiger partial charge in [0.25, 0.3) is 0 Å². The highest BCUT2D eigenvalue weighted by Gasteiger charge is 2.23. The monoisotopic (exact) mass is 468 g/mol. The first kappa shape index (κ1) is 23.2. The number of anilines is 1. The van der Waals surface area contributed by atoms with Crippen molar-refractivity contribution in [3.8, 4) is 28.3 Å². The molecule has 0 radical (unpaired) electrons. The molecule has 1 aromatic heterocycles. The summed E-state index contributed by atoms with van der Waals surface area (Å²) >= 11 is 0. The molecule has 0 spiro atoms. The highest BCUT2D eigenvalue weighted by Crippen LogP contribution is 2.35. The molecule has 0 amide bonds. The van der Waals surface area contributed by atoms with Gasteiger partial charge in [0.1, 0.15) is 17.0 Å². The van der Waals surface area contributed by atoms with E-state index in [9.17, 15) is 4.79 Å². The highest BCUT2D eigenvalue weighted by atomic mass is 16.5. The fourth-order valence-corrected chi connectivity index (χ4v) is 4.91. The first-order valence-corrected chi connectivity index (χ1v) is 12.5. The number of ketones is 1. The van der Waals surface area contributed by atoms with Crippen LogP contribution in [0.15, 0.2) is 65.1 Å². The molecule has 1 fully saturated rings. The van der Waals surface area contributed by atoms with Crippen LogP contribution in [-0.4, -0.2) is 30.5 Å². The number of hydrogen-bond donors (Lipinski definition) is 0. The molecule has 35 heavy (non-hydrogen) atoms. The van der Waals surface area contributed by atoms with Gasteiger partial charge in [-0.25, -0.2) is 4.98 Å². The maximum absolute atomic E-state index is 11.7. The predicted molar refractivity (Wildman–Crippen MR) is 141 cm³/mol. The van der Waals surface area contributed by atoms with Gasteiger partial charge in [-0.05, 0) is 80.6 Å². The zero-order valence-electron chi connectivity index (χ0n) is 20.7. The van der Waals surface area contributed by atoms with Crippen LogP contribution in [0.5, 0.6) is 5.75 Å². The van der Waals surface area contributed by atoms with Gasteiger partial charge in [0.05, 0.1) is 6.61 Å². The van der Waals surface area contributed by atoms with E-state index in [0.717, 1.165) is 77.1 Å². The van der Waals surface area contributed by atoms with Gasteiger partial charge in [0.2, 0.25) is 5.89 Å². The summed E-state index contributed by atoms with van der Waals surface area (Å²) in [4.78, 5) is 18.8. The Morgan fingerprint density at radius 1 is 1.06 bits per heavy atom. The van der Waals surface area contributed by atoms with Crippen LogP contribution in [0.25, 0.3) is 33.7 Å². The summed E-state index contributed by atoms with van der Waals surface area (Å²) in [5, 5.41) is 0. The molecule has 0 aliphatic carbocycles. The SMILES string of the molecule is CCCOc1ccccc1-c1ccc(-c2nc3cc(N4CCC(C(C)=O)CC4)ccc3o2)cc1C. The quantitative estimate of drug-likeness (QED) is 0.290. The van der Waals surface area contributed by atoms with Crippen LogP contribution < -0.4 is 9.64 Å². The van der Waals surface area contributed by atoms with Gasteiger partial charge in [-0.1, -0.05) is 31.2 Å². The van der Waals surface area contributed by atoms with E-state index < -0.39 is 0 Å². The van der Waals surface area contributed by atoms with Gasteiger partial charge >= 0.3 is 0 Å². The summed E-state index contributed by atoms with van der Waals surface area (Å²) in [6.07, 6.45) is 2.80. The summed E-state index contributed by atoms with van der Waals surface area (Å²) in [6, 6.07) is 20.7. The number of nitrogens with zero attached hydrogens (tertiary/aromatic N) is 2. The van der Waals surface area contributed by atoms with Crippen molar-refractivity contribution < 1.29 is 13.9 Å². The Morgan fingerprint density at radius 2 is 1.86 bits per heavy atom. The van der Waals surface area contributed by atoms with Crippen LogP contribution in [0.1, 0.15) is 38.7 Å². The summed E-state index contributed by atoms with van der Waals surface area (Å²) < 4.78 is 12.1. The molecule has 2 heterocycles. The van der Waals surface area contributed by atoms with Gasteiger partial charge in [-0.2, -0.15) is 0 Å². The molecule has 180 valence electrons. The number of carbonyl (C=O) groups excluding carboxylic acids is 1. The second-order valence-electron chi connectivity index (χ2n) is 9.42. The molecular weight excluding hydrogens is 436 g/mol. The molecule has 1 saturated heterocycles. The fourth-order valence-electron chi connectivity index (χ4n) is 4.91. The first-order valence-electron chi connectivity index (χ1n) is 12.5. The van der Waals surface area contributed by atoms with E-state index in [2.05, 4.69) is 55.1 Å². The molecule has 5 nitrogen and oxygen atoms in total. The van der Waals surface area contributed by atoms with Crippen molar-refractivity contribution in [2.24, 2.45) is 5.92 Å². The number of para-hydroxylation sites is 1. The Hall–Kier alpha value is -3.60. The van der Waals surface area contributed by atoms with E-state index in [4.69, 9.17) is 14.1 Å². The molecule has 1 aliphatic rings. The highest BCUT2D eigenvalue weighted by molar-refractivity contribution is 5.82. The van der Waals surface area contributed by atoms with Crippen molar-refractivity contribution in [1.82, 2.24) is 4.98 Å². The standard InChI is InChI=1S/C30H32N2O3/c1-4-17-34-28-8-6-5-7-26(28)25-11-9-23(18-20(25)2)30-31-27-19-24(10-12-29(27)35-30)32-15-13-22(14-16-32)21(3)33/h5-12,18-19,22H,4,13-17H2,1-3H3. The summed E-state index contributed by atoms with van der Waals surface area (Å²) in [7, 11) is 0. The van der Waals surface area contributed by atoms with Crippen molar-refractivity contribution in [3.05, 3.63) is 66.2 Å². The van der Waals surface area contributed by atoms with Crippen LogP contribution in [0, 0.1) is 12.8 Å². The van der Waals surface area contributed by atoms with E-state index in [-0.39, 0.29) is 5.92 Å². The lowest BCUT2D eigenvalue weighted by atomic mass is 9.93. The van der Waals surface area contributed by atoms with Crippen LogP contribution in [0.3, 0.4) is 0 Å². The second kappa shape index (κ2) is 9.95. The molecular formula is C30H32N2O3. The summed E-state index contributed by atoms with van der Waals surface area (Å²) in [5.41, 5.74) is 7.11. The number of ether oxygens (including phenoxy) is 1. The van der Waals surface area contributed by atoms with Gasteiger partial charge < -0.3 is 14.1 Å². The minimum Gasteiger partial charge on any atom is -0.493 e. The zero-order valence-corrected chi connectivity index (χ0v) is 20.7. The molecule has 1 aliphatic heterocycles. The van der Waals surface area contributed by atoms with Gasteiger partial charge in [0.15, 0.2) is 5.58 Å². The smallest absolute Gasteiger partial charge is 0.227 e. The zero-order chi connectivity index (χ0) is 24.4. The number of aryl methyl sites for hydroxylation is 1. The Kier molecular flexibility index (Phi) is 6.58. The normalized spacial score (nSPS) is 14.4. The van der Waals surface area contributed by atoms with Crippen molar-refractivity contribution >= 4 is 22.6 Å². The topological polar surface area (TPSA) is 55.6 Å². The average Bonchev–Trinajstić information content (AvgIpc) is 3.31. The van der Waals surface area contributed by atoms with E-state index in [1.807, 2.05) is 24.3 Å². The van der Waals surface area contributed by atoms with E-state index >= 15 is 0 Å². The minimum atomic E-state index is 0.199. The molecule has 0 atom stereocenters. The molecule has 5 rings (SSSR count). The molecule has 0 saturated carbocycles. The second-order valence-corrected chi connectivity index (χ2v) is 9.42. The number of oxazole rings is 1. The number of rotatable bonds is 7. The van der Waals surface area contributed by atoms with E-state index in [1.54, 1.807) is 6.92 Å². The van der Waals surface area contributed by atoms with Gasteiger partial charge in [-0.15, -0.1) is 0 Å². The number of benzene rings is 3. The van der Waals surface area contributed by atoms with E-state index in [0.29, 0.717) is 18.3 Å². The third-order valence-corrected chi connectivity index (χ3v) is 6.92. The lowest BCUT2D eigenvalue weighted by Gasteiger charge is -2.32. The third kappa shape index (κ3) is 4.81. The Morgan fingerprint density at radius 3 is 2.60 bits per heavy atom. The van der Waals surface area contributed by atoms with Crippen molar-refractivity contribution in [3.63, 3.8) is 0 Å². The number of piperidine rings is 1. The van der Waals surface area contributed by atoms with Crippen molar-refractivity contribution in [2.75, 3.05) is 24.6 Å². The Labute approximate surface area is 206 Å². The van der Waals surface area contributed by atoms with Crippen LogP contribution in [0.2, 0.25) is 0 Å². The Bertz CT molecular complexity index is 1350. The van der Waals surface area contributed by atoms with Crippen molar-refractivity contribution in [1.29, 1.82) is 0 Å². The molecule has 0 bridgehead atoms. The minimum absolute atomic E-state index is 0.199. The number of hydrogen-bond acceptors (Lipinski definition) is 5. The number of carbonyl (C=O) groups is 1. The molecule has 0 N–H and O–H groups in total. The van der Waals surface area contributed by atoms with Crippen LogP contribution >= 0.6 is 0 Å². The summed E-state index contributed by atoms with van der Waals surface area (Å²) in [6.45, 7) is 8.42. The van der Waals surface area contributed by atoms with Gasteiger partial charge in [-0.3, -0.25) is 4.79 Å².